The first-order valence-electron chi connectivity index (χ1n) is 6.49. The lowest BCUT2D eigenvalue weighted by molar-refractivity contribution is 0.174. The van der Waals surface area contributed by atoms with Crippen molar-refractivity contribution in [3.63, 3.8) is 0 Å². The Kier molecular flexibility index (Phi) is 3.59. The summed E-state index contributed by atoms with van der Waals surface area (Å²) in [5, 5.41) is 15.9. The first-order valence-corrected chi connectivity index (χ1v) is 7.28. The maximum absolute atomic E-state index is 10.5. The number of aryl methyl sites for hydroxylation is 1. The maximum Gasteiger partial charge on any atom is 0.102 e. The van der Waals surface area contributed by atoms with Gasteiger partial charge in [0, 0.05) is 23.3 Å². The van der Waals surface area contributed by atoms with Gasteiger partial charge in [0.2, 0.25) is 0 Å². The smallest absolute Gasteiger partial charge is 0.102 e. The zero-order valence-corrected chi connectivity index (χ0v) is 12.7. The lowest BCUT2D eigenvalue weighted by Crippen LogP contribution is -2.04. The van der Waals surface area contributed by atoms with Gasteiger partial charge in [-0.3, -0.25) is 4.68 Å². The van der Waals surface area contributed by atoms with Gasteiger partial charge in [-0.25, -0.2) is 0 Å². The number of fused-ring (bicyclic) bond motifs is 1. The minimum atomic E-state index is -0.595. The molecule has 1 heterocycles. The number of para-hydroxylation sites is 1. The summed E-state index contributed by atoms with van der Waals surface area (Å²) in [5.41, 5.74) is 2.87. The SMILES string of the molecule is Cn1nc(C(O)Cc2ccc(Br)cc2)c2ccccc21. The molecule has 0 fully saturated rings. The summed E-state index contributed by atoms with van der Waals surface area (Å²) in [6, 6.07) is 16.0. The summed E-state index contributed by atoms with van der Waals surface area (Å²) in [4.78, 5) is 0. The number of halogens is 1. The van der Waals surface area contributed by atoms with Crippen LogP contribution in [0.4, 0.5) is 0 Å². The van der Waals surface area contributed by atoms with E-state index in [0.717, 1.165) is 26.6 Å². The van der Waals surface area contributed by atoms with Crippen molar-refractivity contribution in [3.05, 3.63) is 64.3 Å². The standard InChI is InChI=1S/C16H15BrN2O/c1-19-14-5-3-2-4-13(14)16(18-19)15(20)10-11-6-8-12(17)9-7-11/h2-9,15,20H,10H2,1H3. The second-order valence-corrected chi connectivity index (χ2v) is 5.79. The molecule has 1 atom stereocenters. The summed E-state index contributed by atoms with van der Waals surface area (Å²) in [7, 11) is 1.90. The van der Waals surface area contributed by atoms with E-state index in [1.165, 1.54) is 0 Å². The van der Waals surface area contributed by atoms with Crippen molar-refractivity contribution in [3.8, 4) is 0 Å². The largest absolute Gasteiger partial charge is 0.386 e. The number of aliphatic hydroxyl groups is 1. The van der Waals surface area contributed by atoms with Crippen molar-refractivity contribution in [2.45, 2.75) is 12.5 Å². The van der Waals surface area contributed by atoms with Crippen molar-refractivity contribution in [1.29, 1.82) is 0 Å². The molecule has 0 amide bonds. The zero-order chi connectivity index (χ0) is 14.1. The summed E-state index contributed by atoms with van der Waals surface area (Å²) in [6.07, 6.45) is -0.0313. The molecule has 1 aromatic heterocycles. The average Bonchev–Trinajstić information content (AvgIpc) is 2.79. The van der Waals surface area contributed by atoms with Crippen LogP contribution in [-0.4, -0.2) is 14.9 Å². The van der Waals surface area contributed by atoms with E-state index in [4.69, 9.17) is 0 Å². The van der Waals surface area contributed by atoms with Gasteiger partial charge >= 0.3 is 0 Å². The van der Waals surface area contributed by atoms with Crippen LogP contribution in [0.5, 0.6) is 0 Å². The normalized spacial score (nSPS) is 12.8. The molecule has 20 heavy (non-hydrogen) atoms. The van der Waals surface area contributed by atoms with E-state index in [1.807, 2.05) is 60.3 Å². The molecule has 0 aliphatic heterocycles. The summed E-state index contributed by atoms with van der Waals surface area (Å²) in [6.45, 7) is 0. The Bertz CT molecular complexity index is 734. The molecule has 2 aromatic carbocycles. The Balaban J connectivity index is 1.92. The summed E-state index contributed by atoms with van der Waals surface area (Å²) < 4.78 is 2.86. The molecule has 0 aliphatic carbocycles. The molecule has 0 radical (unpaired) electrons. The third-order valence-electron chi connectivity index (χ3n) is 3.44. The molecular weight excluding hydrogens is 316 g/mol. The lowest BCUT2D eigenvalue weighted by atomic mass is 10.0. The zero-order valence-electron chi connectivity index (χ0n) is 11.1. The highest BCUT2D eigenvalue weighted by molar-refractivity contribution is 9.10. The molecule has 3 aromatic rings. The summed E-state index contributed by atoms with van der Waals surface area (Å²) in [5.74, 6) is 0. The second-order valence-electron chi connectivity index (χ2n) is 4.87. The van der Waals surface area contributed by atoms with Gasteiger partial charge < -0.3 is 5.11 Å². The van der Waals surface area contributed by atoms with Crippen LogP contribution in [0.3, 0.4) is 0 Å². The van der Waals surface area contributed by atoms with E-state index in [0.29, 0.717) is 6.42 Å². The van der Waals surface area contributed by atoms with E-state index >= 15 is 0 Å². The number of rotatable bonds is 3. The van der Waals surface area contributed by atoms with Crippen LogP contribution in [-0.2, 0) is 13.5 Å². The van der Waals surface area contributed by atoms with E-state index in [-0.39, 0.29) is 0 Å². The minimum absolute atomic E-state index is 0.564. The molecule has 0 bridgehead atoms. The summed E-state index contributed by atoms with van der Waals surface area (Å²) >= 11 is 3.41. The molecule has 0 saturated heterocycles. The quantitative estimate of drug-likeness (QED) is 0.796. The van der Waals surface area contributed by atoms with Crippen molar-refractivity contribution < 1.29 is 5.11 Å². The van der Waals surface area contributed by atoms with Crippen LogP contribution in [0.15, 0.2) is 53.0 Å². The van der Waals surface area contributed by atoms with Crippen molar-refractivity contribution in [2.75, 3.05) is 0 Å². The first kappa shape index (κ1) is 13.3. The molecule has 102 valence electrons. The fourth-order valence-electron chi connectivity index (χ4n) is 2.43. The van der Waals surface area contributed by atoms with Gasteiger partial charge in [0.15, 0.2) is 0 Å². The van der Waals surface area contributed by atoms with Crippen molar-refractivity contribution in [2.24, 2.45) is 7.05 Å². The Hall–Kier alpha value is -1.65. The molecule has 0 spiro atoms. The molecule has 3 nitrogen and oxygen atoms in total. The second kappa shape index (κ2) is 5.38. The minimum Gasteiger partial charge on any atom is -0.386 e. The van der Waals surface area contributed by atoms with Crippen molar-refractivity contribution >= 4 is 26.8 Å². The third kappa shape index (κ3) is 2.49. The predicted molar refractivity (Wildman–Crippen MR) is 83.5 cm³/mol. The number of aromatic nitrogens is 2. The average molecular weight is 331 g/mol. The highest BCUT2D eigenvalue weighted by atomic mass is 79.9. The highest BCUT2D eigenvalue weighted by Gasteiger charge is 2.16. The van der Waals surface area contributed by atoms with E-state index < -0.39 is 6.10 Å². The molecular formula is C16H15BrN2O. The van der Waals surface area contributed by atoms with Gasteiger partial charge in [-0.2, -0.15) is 5.10 Å². The van der Waals surface area contributed by atoms with Crippen LogP contribution in [0.1, 0.15) is 17.4 Å². The van der Waals surface area contributed by atoms with E-state index in [2.05, 4.69) is 21.0 Å². The number of hydrogen-bond acceptors (Lipinski definition) is 2. The predicted octanol–water partition coefficient (Wildman–Crippen LogP) is 3.61. The van der Waals surface area contributed by atoms with Gasteiger partial charge in [-0.1, -0.05) is 46.3 Å². The van der Waals surface area contributed by atoms with Gasteiger partial charge in [-0.15, -0.1) is 0 Å². The number of benzene rings is 2. The van der Waals surface area contributed by atoms with Gasteiger partial charge in [-0.05, 0) is 23.8 Å². The topological polar surface area (TPSA) is 38.0 Å². The molecule has 0 saturated carbocycles. The molecule has 4 heteroatoms. The first-order chi connectivity index (χ1) is 9.65. The van der Waals surface area contributed by atoms with Crippen LogP contribution >= 0.6 is 15.9 Å². The molecule has 3 rings (SSSR count). The number of hydrogen-bond donors (Lipinski definition) is 1. The third-order valence-corrected chi connectivity index (χ3v) is 3.97. The van der Waals surface area contributed by atoms with Gasteiger partial charge in [0.1, 0.15) is 6.10 Å². The fraction of sp³-hybridized carbons (Fsp3) is 0.188. The Labute approximate surface area is 126 Å². The molecule has 1 N–H and O–H groups in total. The van der Waals surface area contributed by atoms with Crippen molar-refractivity contribution in [1.82, 2.24) is 9.78 Å². The monoisotopic (exact) mass is 330 g/mol. The molecule has 1 unspecified atom stereocenters. The van der Waals surface area contributed by atoms with Gasteiger partial charge in [0.25, 0.3) is 0 Å². The Morgan fingerprint density at radius 1 is 1.15 bits per heavy atom. The number of aliphatic hydroxyl groups excluding tert-OH is 1. The Morgan fingerprint density at radius 3 is 2.60 bits per heavy atom. The van der Waals surface area contributed by atoms with Crippen LogP contribution < -0.4 is 0 Å². The lowest BCUT2D eigenvalue weighted by Gasteiger charge is -2.08. The number of nitrogens with zero attached hydrogens (tertiary/aromatic N) is 2. The maximum atomic E-state index is 10.5. The fourth-order valence-corrected chi connectivity index (χ4v) is 2.69. The van der Waals surface area contributed by atoms with Crippen LogP contribution in [0.2, 0.25) is 0 Å². The highest BCUT2D eigenvalue weighted by Crippen LogP contribution is 2.26. The van der Waals surface area contributed by atoms with Gasteiger partial charge in [0.05, 0.1) is 11.2 Å². The van der Waals surface area contributed by atoms with Crippen LogP contribution in [0, 0.1) is 0 Å². The van der Waals surface area contributed by atoms with E-state index in [9.17, 15) is 5.11 Å². The van der Waals surface area contributed by atoms with Crippen LogP contribution in [0.25, 0.3) is 10.9 Å². The Morgan fingerprint density at radius 2 is 1.85 bits per heavy atom. The van der Waals surface area contributed by atoms with E-state index in [1.54, 1.807) is 0 Å². The molecule has 0 aliphatic rings.